The Hall–Kier alpha value is -9.48. The largest absolute Gasteiger partial charge is 0.352 e. The van der Waals surface area contributed by atoms with Gasteiger partial charge in [0.2, 0.25) is 17.7 Å². The van der Waals surface area contributed by atoms with Gasteiger partial charge in [-0.15, -0.1) is 0 Å². The standard InChI is InChI=1S/C33H57N3O3.C27H39N3O3.2C21H33N3O3/c1-28(2,3)19-31(10,11)34-25(37)22-16-23(26(38)35-32(12,13)20-29(4,5)6)18-24(17-22)27(39)36-33(14,15)21-30(7,8)9;31-25(28-22-10-4-1-5-11-22)19-16-20(26(32)29-23-12-6-2-7-13-23)18-21(17-19)27(33)30-24-14-8-3-9-15-24;1-19(2,3)16(25)22-13-10-14(23-17(26)20(4,5)6)12-15(11-13)24-18(27)21(7,8)9;1-13(2)12-22-17(25)14-9-15(18(26)23-20(3,4)5)11-16(10-14)19(27)24-21(6,7)8/h16-18H,19-21H2,1-15H3,(H,34,37)(H,35,38)(H,36,39);16-18,22-24H,1-15H2,(H,28,31)(H,29,32)(H,30,33);10-12H,1-9H3,(H,22,25)(H,23,26)(H,24,27);9-11,13H,12H2,1-8H3,(H,22,25)(H,23,26)(H,24,27). The average Bonchev–Trinajstić information content (AvgIpc) is 0.817. The molecular formula is C102H162N12O12. The van der Waals surface area contributed by atoms with Gasteiger partial charge in [-0.3, -0.25) is 57.5 Å². The fraction of sp³-hybridized carbons (Fsp3) is 0.647. The fourth-order valence-corrected chi connectivity index (χ4v) is 15.9. The Bertz CT molecular complexity index is 4010. The second-order valence-electron chi connectivity index (χ2n) is 46.5. The van der Waals surface area contributed by atoms with E-state index in [1.54, 1.807) is 54.6 Å². The van der Waals surface area contributed by atoms with Crippen molar-refractivity contribution >= 4 is 87.9 Å². The molecule has 0 bridgehead atoms. The van der Waals surface area contributed by atoms with Crippen molar-refractivity contribution in [2.75, 3.05) is 22.5 Å². The minimum absolute atomic E-state index is 0.0147. The third-order valence-electron chi connectivity index (χ3n) is 20.7. The number of hydrogen-bond acceptors (Lipinski definition) is 12. The topological polar surface area (TPSA) is 349 Å². The summed E-state index contributed by atoms with van der Waals surface area (Å²) < 4.78 is 0. The summed E-state index contributed by atoms with van der Waals surface area (Å²) in [5, 5.41) is 35.8. The first-order valence-corrected chi connectivity index (χ1v) is 45.7. The van der Waals surface area contributed by atoms with Gasteiger partial charge in [0.05, 0.1) is 0 Å². The predicted octanol–water partition coefficient (Wildman–Crippen LogP) is 20.2. The van der Waals surface area contributed by atoms with Gasteiger partial charge < -0.3 is 63.8 Å². The maximum Gasteiger partial charge on any atom is 0.251 e. The van der Waals surface area contributed by atoms with E-state index in [-0.39, 0.29) is 139 Å². The molecule has 24 heteroatoms. The summed E-state index contributed by atoms with van der Waals surface area (Å²) in [6.07, 6.45) is 18.7. The van der Waals surface area contributed by atoms with Crippen LogP contribution in [-0.2, 0) is 14.4 Å². The number of nitrogens with one attached hydrogen (secondary N) is 12. The molecule has 0 unspecified atom stereocenters. The lowest BCUT2D eigenvalue weighted by Gasteiger charge is -2.34. The van der Waals surface area contributed by atoms with E-state index < -0.39 is 43.9 Å². The fourth-order valence-electron chi connectivity index (χ4n) is 15.9. The van der Waals surface area contributed by atoms with Crippen molar-refractivity contribution in [3.63, 3.8) is 0 Å². The van der Waals surface area contributed by atoms with Crippen LogP contribution in [0.4, 0.5) is 17.1 Å². The van der Waals surface area contributed by atoms with E-state index in [2.05, 4.69) is 126 Å². The zero-order valence-corrected chi connectivity index (χ0v) is 83.1. The normalized spacial score (nSPS) is 14.8. The Morgan fingerprint density at radius 2 is 0.452 bits per heavy atom. The van der Waals surface area contributed by atoms with Gasteiger partial charge in [0.1, 0.15) is 0 Å². The van der Waals surface area contributed by atoms with Gasteiger partial charge >= 0.3 is 0 Å². The highest BCUT2D eigenvalue weighted by Gasteiger charge is 2.35. The van der Waals surface area contributed by atoms with Crippen LogP contribution in [0.15, 0.2) is 72.8 Å². The van der Waals surface area contributed by atoms with Crippen molar-refractivity contribution in [3.05, 3.63) is 123 Å². The molecule has 0 heterocycles. The lowest BCUT2D eigenvalue weighted by atomic mass is 9.81. The van der Waals surface area contributed by atoms with Gasteiger partial charge in [-0.25, -0.2) is 0 Å². The van der Waals surface area contributed by atoms with Crippen molar-refractivity contribution in [1.82, 2.24) is 47.9 Å². The van der Waals surface area contributed by atoms with Crippen LogP contribution in [0, 0.1) is 38.4 Å². The molecule has 3 saturated carbocycles. The van der Waals surface area contributed by atoms with Gasteiger partial charge in [0.15, 0.2) is 0 Å². The zero-order valence-electron chi connectivity index (χ0n) is 83.1. The highest BCUT2D eigenvalue weighted by Crippen LogP contribution is 2.34. The van der Waals surface area contributed by atoms with Crippen LogP contribution in [0.25, 0.3) is 0 Å². The summed E-state index contributed by atoms with van der Waals surface area (Å²) in [4.78, 5) is 154. The van der Waals surface area contributed by atoms with Crippen LogP contribution >= 0.6 is 0 Å². The van der Waals surface area contributed by atoms with Crippen molar-refractivity contribution in [2.45, 2.75) is 383 Å². The van der Waals surface area contributed by atoms with Crippen LogP contribution in [0.3, 0.4) is 0 Å². The SMILES string of the molecule is CC(C)(C)C(=O)Nc1cc(NC(=O)C(C)(C)C)cc(NC(=O)C(C)(C)C)c1.CC(C)(C)CC(C)(C)NC(=O)c1cc(C(=O)NC(C)(C)CC(C)(C)C)cc(C(=O)NC(C)(C)CC(C)(C)C)c1.CC(C)CNC(=O)c1cc(C(=O)NC(C)(C)C)cc(C(=O)NC(C)(C)C)c1.O=C(NC1CCCCC1)c1cc(C(=O)NC2CCCCC2)cc(C(=O)NC2CCCCC2)c1. The molecule has 0 radical (unpaired) electrons. The van der Waals surface area contributed by atoms with Crippen molar-refractivity contribution in [3.8, 4) is 0 Å². The number of amides is 12. The van der Waals surface area contributed by atoms with E-state index in [0.29, 0.717) is 46.2 Å². The van der Waals surface area contributed by atoms with Gasteiger partial charge in [0, 0.05) is 136 Å². The smallest absolute Gasteiger partial charge is 0.251 e. The number of benzene rings is 4. The monoisotopic (exact) mass is 1750 g/mol. The molecular weight excluding hydrogens is 1590 g/mol. The Morgan fingerprint density at radius 1 is 0.262 bits per heavy atom. The molecule has 0 aromatic heterocycles. The maximum absolute atomic E-state index is 13.5. The van der Waals surface area contributed by atoms with E-state index in [4.69, 9.17) is 0 Å². The zero-order chi connectivity index (χ0) is 96.1. The van der Waals surface area contributed by atoms with E-state index in [9.17, 15) is 57.5 Å². The van der Waals surface area contributed by atoms with Crippen LogP contribution in [-0.4, -0.2) is 123 Å². The molecule has 0 atom stereocenters. The van der Waals surface area contributed by atoms with Gasteiger partial charge in [-0.1, -0.05) is 196 Å². The molecule has 0 saturated heterocycles. The molecule has 3 aliphatic carbocycles. The molecule has 24 nitrogen and oxygen atoms in total. The highest BCUT2D eigenvalue weighted by atomic mass is 16.2. The number of carbonyl (C=O) groups is 12. The molecule has 702 valence electrons. The first-order valence-electron chi connectivity index (χ1n) is 45.7. The average molecular weight is 1750 g/mol. The molecule has 3 fully saturated rings. The molecule has 12 N–H and O–H groups in total. The molecule has 0 aliphatic heterocycles. The lowest BCUT2D eigenvalue weighted by molar-refractivity contribution is -0.123. The van der Waals surface area contributed by atoms with E-state index >= 15 is 0 Å². The van der Waals surface area contributed by atoms with Crippen LogP contribution in [0.1, 0.15) is 430 Å². The quantitative estimate of drug-likeness (QED) is 0.0330. The molecule has 7 rings (SSSR count). The van der Waals surface area contributed by atoms with Crippen molar-refractivity contribution in [2.24, 2.45) is 38.4 Å². The summed E-state index contributed by atoms with van der Waals surface area (Å²) in [5.74, 6) is -2.65. The van der Waals surface area contributed by atoms with Crippen LogP contribution < -0.4 is 63.8 Å². The predicted molar refractivity (Wildman–Crippen MR) is 512 cm³/mol. The summed E-state index contributed by atoms with van der Waals surface area (Å²) >= 11 is 0. The van der Waals surface area contributed by atoms with Crippen LogP contribution in [0.2, 0.25) is 0 Å². The van der Waals surface area contributed by atoms with Crippen molar-refractivity contribution in [1.29, 1.82) is 0 Å². The van der Waals surface area contributed by atoms with Crippen LogP contribution in [0.5, 0.6) is 0 Å². The van der Waals surface area contributed by atoms with E-state index in [1.807, 2.05) is 159 Å². The number of hydrogen-bond donors (Lipinski definition) is 12. The molecule has 4 aromatic rings. The van der Waals surface area contributed by atoms with E-state index in [1.165, 1.54) is 37.5 Å². The summed E-state index contributed by atoms with van der Waals surface area (Å²) in [6, 6.07) is 19.8. The molecule has 12 amide bonds. The lowest BCUT2D eigenvalue weighted by Crippen LogP contribution is -2.47. The third-order valence-corrected chi connectivity index (χ3v) is 20.7. The summed E-state index contributed by atoms with van der Waals surface area (Å²) in [5.41, 5.74) is 0.468. The second kappa shape index (κ2) is 45.0. The minimum atomic E-state index is -0.570. The molecule has 126 heavy (non-hydrogen) atoms. The third kappa shape index (κ3) is 41.5. The van der Waals surface area contributed by atoms with E-state index in [0.717, 1.165) is 96.3 Å². The van der Waals surface area contributed by atoms with Gasteiger partial charge in [-0.2, -0.15) is 0 Å². The number of carbonyl (C=O) groups excluding carboxylic acids is 12. The van der Waals surface area contributed by atoms with Crippen molar-refractivity contribution < 1.29 is 57.5 Å². The molecule has 0 spiro atoms. The number of rotatable bonds is 23. The Balaban J connectivity index is 0.000000356. The van der Waals surface area contributed by atoms with Gasteiger partial charge in [0.25, 0.3) is 53.2 Å². The number of anilines is 3. The summed E-state index contributed by atoms with van der Waals surface area (Å²) in [7, 11) is 0. The first-order chi connectivity index (χ1) is 57.3. The Morgan fingerprint density at radius 3 is 0.635 bits per heavy atom. The van der Waals surface area contributed by atoms with Gasteiger partial charge in [-0.05, 0) is 236 Å². The molecule has 4 aromatic carbocycles. The summed E-state index contributed by atoms with van der Waals surface area (Å²) in [6.45, 7) is 63.2. The highest BCUT2D eigenvalue weighted by molar-refractivity contribution is 6.08. The second-order valence-corrected chi connectivity index (χ2v) is 46.5. The Kier molecular flexibility index (Phi) is 38.9. The Labute approximate surface area is 756 Å². The maximum atomic E-state index is 13.5. The molecule has 3 aliphatic rings. The first kappa shape index (κ1) is 109. The minimum Gasteiger partial charge on any atom is -0.352 e.